The second kappa shape index (κ2) is 5.98. The minimum absolute atomic E-state index is 0.124. The van der Waals surface area contributed by atoms with Crippen molar-refractivity contribution >= 4 is 17.6 Å². The van der Waals surface area contributed by atoms with Crippen molar-refractivity contribution in [3.8, 4) is 6.07 Å². The van der Waals surface area contributed by atoms with Crippen LogP contribution in [0.5, 0.6) is 0 Å². The number of carbonyl (C=O) groups is 1. The highest BCUT2D eigenvalue weighted by Gasteiger charge is 2.09. The van der Waals surface area contributed by atoms with Crippen LogP contribution in [0.15, 0.2) is 42.6 Å². The van der Waals surface area contributed by atoms with E-state index in [2.05, 4.69) is 4.98 Å². The molecule has 2 aromatic rings. The molecule has 2 rings (SSSR count). The number of esters is 1. The molecule has 1 aromatic carbocycles. The highest BCUT2D eigenvalue weighted by molar-refractivity contribution is 6.30. The molecule has 0 spiro atoms. The van der Waals surface area contributed by atoms with Crippen molar-refractivity contribution < 1.29 is 9.53 Å². The van der Waals surface area contributed by atoms with Gasteiger partial charge in [-0.1, -0.05) is 23.7 Å². The fraction of sp³-hybridized carbons (Fsp3) is 0.0714. The zero-order valence-corrected chi connectivity index (χ0v) is 10.6. The largest absolute Gasteiger partial charge is 0.456 e. The summed E-state index contributed by atoms with van der Waals surface area (Å²) in [6, 6.07) is 11.8. The van der Waals surface area contributed by atoms with Gasteiger partial charge in [0.25, 0.3) is 0 Å². The molecule has 0 unspecified atom stereocenters. The normalized spacial score (nSPS) is 9.68. The molecular formula is C14H9ClN2O2. The molecule has 19 heavy (non-hydrogen) atoms. The van der Waals surface area contributed by atoms with Crippen molar-refractivity contribution in [3.05, 3.63) is 64.4 Å². The first-order chi connectivity index (χ1) is 9.19. The minimum atomic E-state index is -0.535. The second-order valence-corrected chi connectivity index (χ2v) is 4.18. The Morgan fingerprint density at radius 1 is 1.32 bits per heavy atom. The monoisotopic (exact) mass is 272 g/mol. The van der Waals surface area contributed by atoms with Gasteiger partial charge >= 0.3 is 5.97 Å². The van der Waals surface area contributed by atoms with Gasteiger partial charge in [-0.15, -0.1) is 0 Å². The molecule has 0 radical (unpaired) electrons. The third-order valence-electron chi connectivity index (χ3n) is 2.38. The first-order valence-electron chi connectivity index (χ1n) is 5.47. The Hall–Kier alpha value is -2.38. The number of hydrogen-bond donors (Lipinski definition) is 0. The number of aromatic nitrogens is 1. The lowest BCUT2D eigenvalue weighted by Crippen LogP contribution is -2.07. The maximum absolute atomic E-state index is 11.7. The Kier molecular flexibility index (Phi) is 4.11. The summed E-state index contributed by atoms with van der Waals surface area (Å²) in [6.07, 6.45) is 1.45. The van der Waals surface area contributed by atoms with Crippen molar-refractivity contribution in [1.82, 2.24) is 4.98 Å². The summed E-state index contributed by atoms with van der Waals surface area (Å²) >= 11 is 5.76. The lowest BCUT2D eigenvalue weighted by atomic mass is 10.2. The summed E-state index contributed by atoms with van der Waals surface area (Å²) in [4.78, 5) is 15.6. The first-order valence-corrected chi connectivity index (χ1v) is 5.84. The fourth-order valence-corrected chi connectivity index (χ4v) is 1.57. The van der Waals surface area contributed by atoms with Crippen LogP contribution in [0, 0.1) is 11.3 Å². The number of halogens is 1. The number of hydrogen-bond acceptors (Lipinski definition) is 4. The van der Waals surface area contributed by atoms with Crippen LogP contribution in [0.4, 0.5) is 0 Å². The third-order valence-corrected chi connectivity index (χ3v) is 2.62. The molecule has 4 nitrogen and oxygen atoms in total. The van der Waals surface area contributed by atoms with E-state index in [-0.39, 0.29) is 12.3 Å². The highest BCUT2D eigenvalue weighted by atomic mass is 35.5. The molecular weight excluding hydrogens is 264 g/mol. The number of ether oxygens (including phenoxy) is 1. The molecule has 0 bridgehead atoms. The third kappa shape index (κ3) is 3.54. The van der Waals surface area contributed by atoms with Crippen molar-refractivity contribution in [2.45, 2.75) is 6.61 Å². The van der Waals surface area contributed by atoms with E-state index in [0.717, 1.165) is 5.56 Å². The number of rotatable bonds is 3. The molecule has 0 atom stereocenters. The smallest absolute Gasteiger partial charge is 0.357 e. The van der Waals surface area contributed by atoms with E-state index in [1.165, 1.54) is 12.3 Å². The van der Waals surface area contributed by atoms with Crippen molar-refractivity contribution in [3.63, 3.8) is 0 Å². The van der Waals surface area contributed by atoms with E-state index in [1.807, 2.05) is 6.07 Å². The van der Waals surface area contributed by atoms with E-state index >= 15 is 0 Å². The van der Waals surface area contributed by atoms with Crippen LogP contribution in [0.2, 0.25) is 5.02 Å². The lowest BCUT2D eigenvalue weighted by molar-refractivity contribution is 0.0466. The standard InChI is InChI=1S/C14H9ClN2O2/c15-12-5-6-17-13(7-12)14(18)19-9-11-3-1-10(8-16)2-4-11/h1-7H,9H2. The Morgan fingerprint density at radius 3 is 2.68 bits per heavy atom. The highest BCUT2D eigenvalue weighted by Crippen LogP contribution is 2.10. The fourth-order valence-electron chi connectivity index (χ4n) is 1.41. The summed E-state index contributed by atoms with van der Waals surface area (Å²) < 4.78 is 5.10. The summed E-state index contributed by atoms with van der Waals surface area (Å²) in [5.74, 6) is -0.535. The van der Waals surface area contributed by atoms with Gasteiger partial charge in [0, 0.05) is 11.2 Å². The number of carbonyl (C=O) groups excluding carboxylic acids is 1. The van der Waals surface area contributed by atoms with Crippen LogP contribution in [-0.4, -0.2) is 11.0 Å². The van der Waals surface area contributed by atoms with Gasteiger partial charge in [0.2, 0.25) is 0 Å². The van der Waals surface area contributed by atoms with Crippen LogP contribution < -0.4 is 0 Å². The summed E-state index contributed by atoms with van der Waals surface area (Å²) in [5, 5.41) is 9.10. The van der Waals surface area contributed by atoms with Gasteiger partial charge in [0.1, 0.15) is 12.3 Å². The van der Waals surface area contributed by atoms with Gasteiger partial charge in [0.15, 0.2) is 0 Å². The van der Waals surface area contributed by atoms with E-state index in [4.69, 9.17) is 21.6 Å². The molecule has 1 heterocycles. The van der Waals surface area contributed by atoms with Crippen LogP contribution in [0.3, 0.4) is 0 Å². The molecule has 0 N–H and O–H groups in total. The molecule has 94 valence electrons. The molecule has 0 amide bonds. The zero-order chi connectivity index (χ0) is 13.7. The maximum atomic E-state index is 11.7. The van der Waals surface area contributed by atoms with Crippen molar-refractivity contribution in [2.24, 2.45) is 0 Å². The second-order valence-electron chi connectivity index (χ2n) is 3.74. The van der Waals surface area contributed by atoms with Crippen LogP contribution in [0.25, 0.3) is 0 Å². The summed E-state index contributed by atoms with van der Waals surface area (Å²) in [7, 11) is 0. The Morgan fingerprint density at radius 2 is 2.05 bits per heavy atom. The van der Waals surface area contributed by atoms with Gasteiger partial charge in [-0.25, -0.2) is 9.78 Å². The summed E-state index contributed by atoms with van der Waals surface area (Å²) in [6.45, 7) is 0.124. The number of nitrogens with zero attached hydrogens (tertiary/aromatic N) is 2. The van der Waals surface area contributed by atoms with E-state index in [9.17, 15) is 4.79 Å². The predicted octanol–water partition coefficient (Wildman–Crippen LogP) is 2.96. The van der Waals surface area contributed by atoms with Gasteiger partial charge in [-0.3, -0.25) is 0 Å². The molecule has 5 heteroatoms. The first kappa shape index (κ1) is 13.1. The van der Waals surface area contributed by atoms with Crippen LogP contribution in [-0.2, 0) is 11.3 Å². The van der Waals surface area contributed by atoms with Crippen LogP contribution in [0.1, 0.15) is 21.6 Å². The molecule has 0 aliphatic rings. The van der Waals surface area contributed by atoms with Crippen LogP contribution >= 0.6 is 11.6 Å². The summed E-state index contributed by atoms with van der Waals surface area (Å²) in [5.41, 5.74) is 1.53. The predicted molar refractivity (Wildman–Crippen MR) is 69.5 cm³/mol. The van der Waals surface area contributed by atoms with Crippen molar-refractivity contribution in [1.29, 1.82) is 5.26 Å². The maximum Gasteiger partial charge on any atom is 0.357 e. The average molecular weight is 273 g/mol. The van der Waals surface area contributed by atoms with E-state index in [1.54, 1.807) is 30.3 Å². The molecule has 0 saturated carbocycles. The van der Waals surface area contributed by atoms with E-state index in [0.29, 0.717) is 10.6 Å². The topological polar surface area (TPSA) is 63.0 Å². The number of benzene rings is 1. The SMILES string of the molecule is N#Cc1ccc(COC(=O)c2cc(Cl)ccn2)cc1. The minimum Gasteiger partial charge on any atom is -0.456 e. The lowest BCUT2D eigenvalue weighted by Gasteiger charge is -2.04. The van der Waals surface area contributed by atoms with Gasteiger partial charge < -0.3 is 4.74 Å². The average Bonchev–Trinajstić information content (AvgIpc) is 2.45. The zero-order valence-electron chi connectivity index (χ0n) is 9.84. The van der Waals surface area contributed by atoms with Gasteiger partial charge in [0.05, 0.1) is 11.6 Å². The Balaban J connectivity index is 1.98. The van der Waals surface area contributed by atoms with E-state index < -0.39 is 5.97 Å². The Bertz CT molecular complexity index is 633. The molecule has 0 fully saturated rings. The Labute approximate surface area is 115 Å². The van der Waals surface area contributed by atoms with Crippen molar-refractivity contribution in [2.75, 3.05) is 0 Å². The molecule has 0 aliphatic carbocycles. The molecule has 0 saturated heterocycles. The van der Waals surface area contributed by atoms with Gasteiger partial charge in [-0.05, 0) is 29.8 Å². The quantitative estimate of drug-likeness (QED) is 0.806. The number of nitriles is 1. The van der Waals surface area contributed by atoms with Gasteiger partial charge in [-0.2, -0.15) is 5.26 Å². The molecule has 1 aromatic heterocycles. The molecule has 0 aliphatic heterocycles. The number of pyridine rings is 1.